The van der Waals surface area contributed by atoms with Crippen LogP contribution in [-0.2, 0) is 24.1 Å². The topological polar surface area (TPSA) is 74.8 Å². The van der Waals surface area contributed by atoms with Crippen molar-refractivity contribution in [1.82, 2.24) is 15.3 Å². The van der Waals surface area contributed by atoms with Gasteiger partial charge in [0.15, 0.2) is 0 Å². The second-order valence-electron chi connectivity index (χ2n) is 6.60. The highest BCUT2D eigenvalue weighted by Gasteiger charge is 2.23. The number of hydrogen-bond acceptors (Lipinski definition) is 4. The number of amides is 1. The molecule has 1 fully saturated rings. The summed E-state index contributed by atoms with van der Waals surface area (Å²) in [7, 11) is 0. The monoisotopic (exact) mass is 331 g/mol. The third-order valence-corrected chi connectivity index (χ3v) is 5.84. The third kappa shape index (κ3) is 3.17. The second kappa shape index (κ2) is 6.07. The van der Waals surface area contributed by atoms with Gasteiger partial charge in [-0.1, -0.05) is 6.42 Å². The second-order valence-corrected chi connectivity index (χ2v) is 7.68. The number of aryl methyl sites for hydroxylation is 3. The molecule has 5 nitrogen and oxygen atoms in total. The minimum atomic E-state index is -0.0352. The molecule has 2 heterocycles. The smallest absolute Gasteiger partial charge is 0.259 e. The molecule has 0 aromatic carbocycles. The van der Waals surface area contributed by atoms with Gasteiger partial charge in [0.2, 0.25) is 5.91 Å². The Balaban J connectivity index is 1.57. The summed E-state index contributed by atoms with van der Waals surface area (Å²) in [6, 6.07) is 0.380. The van der Waals surface area contributed by atoms with Crippen molar-refractivity contribution < 1.29 is 4.79 Å². The molecule has 4 rings (SSSR count). The van der Waals surface area contributed by atoms with Gasteiger partial charge in [0.1, 0.15) is 10.7 Å². The Morgan fingerprint density at radius 2 is 2.09 bits per heavy atom. The zero-order valence-electron chi connectivity index (χ0n) is 13.1. The van der Waals surface area contributed by atoms with Crippen LogP contribution in [0.2, 0.25) is 0 Å². The van der Waals surface area contributed by atoms with Crippen molar-refractivity contribution in [3.05, 3.63) is 26.6 Å². The van der Waals surface area contributed by atoms with Crippen molar-refractivity contribution in [3.63, 3.8) is 0 Å². The van der Waals surface area contributed by atoms with Crippen molar-refractivity contribution in [1.29, 1.82) is 0 Å². The van der Waals surface area contributed by atoms with Gasteiger partial charge in [0.25, 0.3) is 5.56 Å². The highest BCUT2D eigenvalue weighted by molar-refractivity contribution is 7.18. The molecule has 122 valence electrons. The maximum absolute atomic E-state index is 12.5. The van der Waals surface area contributed by atoms with Crippen LogP contribution in [0.15, 0.2) is 4.79 Å². The number of hydrogen-bond donors (Lipinski definition) is 2. The molecule has 2 N–H and O–H groups in total. The molecule has 0 spiro atoms. The fourth-order valence-corrected chi connectivity index (χ4v) is 4.54. The number of aromatic nitrogens is 2. The van der Waals surface area contributed by atoms with E-state index in [1.165, 1.54) is 23.3 Å². The minimum absolute atomic E-state index is 0.0352. The molecule has 2 aromatic heterocycles. The lowest BCUT2D eigenvalue weighted by atomic mass is 10.1. The summed E-state index contributed by atoms with van der Waals surface area (Å²) >= 11 is 1.66. The lowest BCUT2D eigenvalue weighted by Crippen LogP contribution is -2.26. The first kappa shape index (κ1) is 14.9. The van der Waals surface area contributed by atoms with E-state index in [-0.39, 0.29) is 11.5 Å². The van der Waals surface area contributed by atoms with E-state index < -0.39 is 0 Å². The Hall–Kier alpha value is -1.69. The molecule has 0 unspecified atom stereocenters. The van der Waals surface area contributed by atoms with Crippen LogP contribution in [0.1, 0.15) is 54.8 Å². The maximum Gasteiger partial charge on any atom is 0.259 e. The minimum Gasteiger partial charge on any atom is -0.353 e. The first-order chi connectivity index (χ1) is 11.2. The van der Waals surface area contributed by atoms with Crippen LogP contribution >= 0.6 is 11.3 Å². The molecule has 1 amide bonds. The van der Waals surface area contributed by atoms with Crippen molar-refractivity contribution in [2.75, 3.05) is 0 Å². The maximum atomic E-state index is 12.5. The van der Waals surface area contributed by atoms with E-state index in [4.69, 9.17) is 0 Å². The van der Waals surface area contributed by atoms with Gasteiger partial charge in [-0.15, -0.1) is 11.3 Å². The number of fused-ring (bicyclic) bond motifs is 3. The largest absolute Gasteiger partial charge is 0.353 e. The molecule has 23 heavy (non-hydrogen) atoms. The molecule has 0 radical (unpaired) electrons. The van der Waals surface area contributed by atoms with Gasteiger partial charge in [-0.2, -0.15) is 0 Å². The van der Waals surface area contributed by atoms with Crippen LogP contribution < -0.4 is 10.9 Å². The number of carbonyl (C=O) groups is 1. The number of aromatic amines is 1. The summed E-state index contributed by atoms with van der Waals surface area (Å²) in [5, 5.41) is 3.76. The van der Waals surface area contributed by atoms with Crippen LogP contribution in [0.4, 0.5) is 0 Å². The van der Waals surface area contributed by atoms with E-state index in [2.05, 4.69) is 15.3 Å². The van der Waals surface area contributed by atoms with E-state index in [0.717, 1.165) is 42.3 Å². The van der Waals surface area contributed by atoms with Crippen LogP contribution in [0.3, 0.4) is 0 Å². The SMILES string of the molecule is O=C(CCc1nc2sc3c(c2c(=O)[nH]1)CCCCC3)NC1CC1. The standard InChI is InChI=1S/C17H21N3O2S/c21-14(18-10-6-7-10)9-8-13-19-16(22)15-11-4-2-1-3-5-12(11)23-17(15)20-13/h10H,1-9H2,(H,18,21)(H,19,20,22). The van der Waals surface area contributed by atoms with E-state index in [1.54, 1.807) is 11.3 Å². The Morgan fingerprint density at radius 1 is 1.26 bits per heavy atom. The zero-order chi connectivity index (χ0) is 15.8. The average Bonchev–Trinajstić information content (AvgIpc) is 3.30. The molecule has 2 aromatic rings. The fourth-order valence-electron chi connectivity index (χ4n) is 3.26. The van der Waals surface area contributed by atoms with Crippen molar-refractivity contribution in [3.8, 4) is 0 Å². The van der Waals surface area contributed by atoms with Crippen LogP contribution in [0, 0.1) is 0 Å². The van der Waals surface area contributed by atoms with Gasteiger partial charge < -0.3 is 10.3 Å². The van der Waals surface area contributed by atoms with Crippen LogP contribution in [-0.4, -0.2) is 21.9 Å². The molecule has 0 saturated heterocycles. The molecule has 0 bridgehead atoms. The molecule has 0 aliphatic heterocycles. The Bertz CT molecular complexity index is 804. The van der Waals surface area contributed by atoms with Gasteiger partial charge in [0.05, 0.1) is 5.39 Å². The lowest BCUT2D eigenvalue weighted by molar-refractivity contribution is -0.121. The van der Waals surface area contributed by atoms with Gasteiger partial charge in [-0.05, 0) is 44.1 Å². The van der Waals surface area contributed by atoms with Gasteiger partial charge in [-0.25, -0.2) is 4.98 Å². The first-order valence-electron chi connectivity index (χ1n) is 8.53. The molecular formula is C17H21N3O2S. The summed E-state index contributed by atoms with van der Waals surface area (Å²) in [5.41, 5.74) is 1.18. The van der Waals surface area contributed by atoms with Gasteiger partial charge in [-0.3, -0.25) is 9.59 Å². The number of H-pyrrole nitrogens is 1. The van der Waals surface area contributed by atoms with E-state index in [0.29, 0.717) is 24.7 Å². The fraction of sp³-hybridized carbons (Fsp3) is 0.588. The first-order valence-corrected chi connectivity index (χ1v) is 9.35. The van der Waals surface area contributed by atoms with Gasteiger partial charge >= 0.3 is 0 Å². The van der Waals surface area contributed by atoms with Gasteiger partial charge in [0, 0.05) is 23.8 Å². The van der Waals surface area contributed by atoms with E-state index in [1.807, 2.05) is 0 Å². The van der Waals surface area contributed by atoms with Crippen molar-refractivity contribution >= 4 is 27.5 Å². The predicted molar refractivity (Wildman–Crippen MR) is 91.0 cm³/mol. The number of nitrogens with zero attached hydrogens (tertiary/aromatic N) is 1. The predicted octanol–water partition coefficient (Wildman–Crippen LogP) is 2.46. The summed E-state index contributed by atoms with van der Waals surface area (Å²) in [5.74, 6) is 0.682. The van der Waals surface area contributed by atoms with Crippen molar-refractivity contribution in [2.24, 2.45) is 0 Å². The summed E-state index contributed by atoms with van der Waals surface area (Å²) < 4.78 is 0. The molecule has 2 aliphatic carbocycles. The third-order valence-electron chi connectivity index (χ3n) is 4.66. The molecular weight excluding hydrogens is 310 g/mol. The number of carbonyl (C=O) groups excluding carboxylic acids is 1. The van der Waals surface area contributed by atoms with Crippen molar-refractivity contribution in [2.45, 2.75) is 63.8 Å². The molecule has 6 heteroatoms. The van der Waals surface area contributed by atoms with Crippen LogP contribution in [0.5, 0.6) is 0 Å². The summed E-state index contributed by atoms with van der Waals surface area (Å²) in [6.45, 7) is 0. The summed E-state index contributed by atoms with van der Waals surface area (Å²) in [6.07, 6.45) is 8.71. The average molecular weight is 331 g/mol. The van der Waals surface area contributed by atoms with E-state index >= 15 is 0 Å². The highest BCUT2D eigenvalue weighted by atomic mass is 32.1. The Labute approximate surface area is 138 Å². The summed E-state index contributed by atoms with van der Waals surface area (Å²) in [4.78, 5) is 34.0. The quantitative estimate of drug-likeness (QED) is 0.845. The lowest BCUT2D eigenvalue weighted by Gasteiger charge is -2.03. The molecule has 0 atom stereocenters. The van der Waals surface area contributed by atoms with Crippen LogP contribution in [0.25, 0.3) is 10.2 Å². The van der Waals surface area contributed by atoms with E-state index in [9.17, 15) is 9.59 Å². The molecule has 1 saturated carbocycles. The number of rotatable bonds is 4. The Kier molecular flexibility index (Phi) is 3.93. The number of thiophene rings is 1. The molecule has 2 aliphatic rings. The zero-order valence-corrected chi connectivity index (χ0v) is 13.9. The highest BCUT2D eigenvalue weighted by Crippen LogP contribution is 2.32. The Morgan fingerprint density at radius 3 is 2.91 bits per heavy atom. The number of nitrogens with one attached hydrogen (secondary N) is 2. The normalized spacial score (nSPS) is 17.7.